The molecule has 11 heteroatoms. The fourth-order valence-corrected chi connectivity index (χ4v) is 5.89. The first-order chi connectivity index (χ1) is 25.8. The van der Waals surface area contributed by atoms with Crippen LogP contribution in [0.1, 0.15) is 155 Å². The minimum absolute atomic E-state index is 0.173. The average Bonchev–Trinajstić information content (AvgIpc) is 3.14. The Morgan fingerprint density at radius 3 is 1.28 bits per heavy atom. The summed E-state index contributed by atoms with van der Waals surface area (Å²) in [5.41, 5.74) is 0. The molecule has 0 radical (unpaired) electrons. The Morgan fingerprint density at radius 2 is 0.887 bits per heavy atom. The first-order valence-corrected chi connectivity index (χ1v) is 21.7. The molecule has 0 saturated carbocycles. The number of unbranched alkanes of at least 4 members (excludes halogenated alkanes) is 13. The maximum absolute atomic E-state index is 12.3. The van der Waals surface area contributed by atoms with Crippen LogP contribution in [-0.2, 0) is 32.7 Å². The highest BCUT2D eigenvalue weighted by molar-refractivity contribution is 7.47. The third-order valence-electron chi connectivity index (χ3n) is 8.19. The SMILES string of the molecule is CC/C=C\C/C=C\C/C=C\CCCCCCCCCC(=O)OC(CO)COP(=O)(O)OCC(CO)OC(=O)CCCCCCC/C=C\C/C=C\CCC. The molecule has 0 heterocycles. The van der Waals surface area contributed by atoms with Gasteiger partial charge in [0.15, 0.2) is 0 Å². The van der Waals surface area contributed by atoms with Crippen molar-refractivity contribution < 1.29 is 47.8 Å². The van der Waals surface area contributed by atoms with Gasteiger partial charge >= 0.3 is 19.8 Å². The van der Waals surface area contributed by atoms with Crippen LogP contribution >= 0.6 is 7.82 Å². The van der Waals surface area contributed by atoms with Gasteiger partial charge in [-0.15, -0.1) is 0 Å². The minimum atomic E-state index is -4.64. The van der Waals surface area contributed by atoms with Crippen LogP contribution in [0.2, 0.25) is 0 Å². The van der Waals surface area contributed by atoms with Gasteiger partial charge in [0, 0.05) is 12.8 Å². The van der Waals surface area contributed by atoms with E-state index in [4.69, 9.17) is 18.5 Å². The van der Waals surface area contributed by atoms with Gasteiger partial charge in [0.1, 0.15) is 12.2 Å². The fourth-order valence-electron chi connectivity index (χ4n) is 5.11. The first kappa shape index (κ1) is 50.7. The number of hydrogen-bond acceptors (Lipinski definition) is 9. The fraction of sp³-hybridized carbons (Fsp3) is 0.714. The van der Waals surface area contributed by atoms with Gasteiger partial charge in [-0.2, -0.15) is 0 Å². The van der Waals surface area contributed by atoms with Crippen molar-refractivity contribution in [3.05, 3.63) is 60.8 Å². The number of phosphoric acid groups is 1. The van der Waals surface area contributed by atoms with Crippen molar-refractivity contribution in [1.29, 1.82) is 0 Å². The van der Waals surface area contributed by atoms with E-state index in [1.54, 1.807) is 0 Å². The summed E-state index contributed by atoms with van der Waals surface area (Å²) in [5, 5.41) is 19.1. The standard InChI is InChI=1S/C42H73O10P/c1-3-5-7-9-11-13-15-17-18-19-20-22-24-26-28-30-32-34-42(46)52-40(36-44)38-50-53(47,48)49-37-39(35-43)51-41(45)33-31-29-27-25-23-21-16-14-12-10-8-6-4-2/h5,7-8,10-11,13-14,16-18,39-40,43-44H,3-4,6,9,12,15,19-38H2,1-2H3,(H,47,48)/b7-5-,10-8-,13-11-,16-14-,18-17-. The highest BCUT2D eigenvalue weighted by atomic mass is 31.2. The number of esters is 2. The van der Waals surface area contributed by atoms with Crippen LogP contribution in [0, 0.1) is 0 Å². The lowest BCUT2D eigenvalue weighted by molar-refractivity contribution is -0.153. The molecule has 0 aliphatic heterocycles. The van der Waals surface area contributed by atoms with E-state index >= 15 is 0 Å². The zero-order chi connectivity index (χ0) is 39.1. The summed E-state index contributed by atoms with van der Waals surface area (Å²) in [5.74, 6) is -1.05. The Kier molecular flexibility index (Phi) is 36.3. The summed E-state index contributed by atoms with van der Waals surface area (Å²) in [6, 6.07) is 0. The number of phosphoric ester groups is 1. The zero-order valence-corrected chi connectivity index (χ0v) is 33.9. The normalized spacial score (nSPS) is 14.6. The van der Waals surface area contributed by atoms with E-state index in [-0.39, 0.29) is 12.8 Å². The first-order valence-electron chi connectivity index (χ1n) is 20.2. The summed E-state index contributed by atoms with van der Waals surface area (Å²) < 4.78 is 32.5. The molecule has 3 N–H and O–H groups in total. The molecule has 306 valence electrons. The number of carbonyl (C=O) groups excluding carboxylic acids is 2. The van der Waals surface area contributed by atoms with Gasteiger partial charge in [-0.25, -0.2) is 4.57 Å². The molecule has 0 bridgehead atoms. The van der Waals surface area contributed by atoms with Crippen LogP contribution in [0.25, 0.3) is 0 Å². The Hall–Kier alpha value is -2.33. The number of aliphatic hydroxyl groups is 2. The number of ether oxygens (including phenoxy) is 2. The van der Waals surface area contributed by atoms with Gasteiger partial charge in [0.25, 0.3) is 0 Å². The van der Waals surface area contributed by atoms with Crippen LogP contribution in [0.3, 0.4) is 0 Å². The van der Waals surface area contributed by atoms with E-state index in [1.165, 1.54) is 19.3 Å². The van der Waals surface area contributed by atoms with E-state index in [2.05, 4.69) is 74.6 Å². The minimum Gasteiger partial charge on any atom is -0.457 e. The van der Waals surface area contributed by atoms with Crippen LogP contribution in [0.15, 0.2) is 60.8 Å². The topological polar surface area (TPSA) is 149 Å². The Balaban J connectivity index is 3.99. The van der Waals surface area contributed by atoms with Crippen molar-refractivity contribution >= 4 is 19.8 Å². The lowest BCUT2D eigenvalue weighted by Crippen LogP contribution is -2.28. The number of hydrogen-bond donors (Lipinski definition) is 3. The van der Waals surface area contributed by atoms with Crippen LogP contribution in [0.4, 0.5) is 0 Å². The third-order valence-corrected chi connectivity index (χ3v) is 9.15. The predicted molar refractivity (Wildman–Crippen MR) is 214 cm³/mol. The zero-order valence-electron chi connectivity index (χ0n) is 33.0. The van der Waals surface area contributed by atoms with Crippen LogP contribution in [-0.4, -0.2) is 65.7 Å². The van der Waals surface area contributed by atoms with Gasteiger partial charge in [0.2, 0.25) is 0 Å². The predicted octanol–water partition coefficient (Wildman–Crippen LogP) is 10.3. The van der Waals surface area contributed by atoms with Gasteiger partial charge in [-0.05, 0) is 70.6 Å². The maximum Gasteiger partial charge on any atom is 0.472 e. The highest BCUT2D eigenvalue weighted by Crippen LogP contribution is 2.43. The van der Waals surface area contributed by atoms with Crippen LogP contribution in [0.5, 0.6) is 0 Å². The van der Waals surface area contributed by atoms with E-state index < -0.39 is 58.4 Å². The second-order valence-corrected chi connectivity index (χ2v) is 14.7. The molecule has 53 heavy (non-hydrogen) atoms. The van der Waals surface area contributed by atoms with Crippen molar-refractivity contribution in [1.82, 2.24) is 0 Å². The molecule has 0 aliphatic carbocycles. The molecule has 0 rings (SSSR count). The van der Waals surface area contributed by atoms with Crippen molar-refractivity contribution in [2.75, 3.05) is 26.4 Å². The molecule has 0 aromatic rings. The molecular formula is C42H73O10P. The summed E-state index contributed by atoms with van der Waals surface area (Å²) in [7, 11) is -4.64. The van der Waals surface area contributed by atoms with Crippen molar-refractivity contribution in [2.45, 2.75) is 167 Å². The number of aliphatic hydroxyl groups excluding tert-OH is 2. The van der Waals surface area contributed by atoms with Crippen molar-refractivity contribution in [2.24, 2.45) is 0 Å². The smallest absolute Gasteiger partial charge is 0.457 e. The molecule has 0 saturated heterocycles. The van der Waals surface area contributed by atoms with Crippen molar-refractivity contribution in [3.8, 4) is 0 Å². The van der Waals surface area contributed by atoms with Gasteiger partial charge in [0.05, 0.1) is 26.4 Å². The Morgan fingerprint density at radius 1 is 0.528 bits per heavy atom. The third kappa shape index (κ3) is 36.4. The second kappa shape index (κ2) is 38.0. The Labute approximate surface area is 321 Å². The van der Waals surface area contributed by atoms with Crippen molar-refractivity contribution in [3.63, 3.8) is 0 Å². The molecular weight excluding hydrogens is 695 g/mol. The average molecular weight is 769 g/mol. The molecule has 0 aliphatic rings. The molecule has 0 fully saturated rings. The number of carbonyl (C=O) groups is 2. The summed E-state index contributed by atoms with van der Waals surface area (Å²) in [4.78, 5) is 34.4. The summed E-state index contributed by atoms with van der Waals surface area (Å²) in [6.07, 6.45) is 40.5. The number of allylic oxidation sites excluding steroid dienone is 10. The van der Waals surface area contributed by atoms with Gasteiger partial charge in [-0.1, -0.05) is 132 Å². The van der Waals surface area contributed by atoms with E-state index in [0.29, 0.717) is 12.8 Å². The Bertz CT molecular complexity index is 1070. The highest BCUT2D eigenvalue weighted by Gasteiger charge is 2.27. The largest absolute Gasteiger partial charge is 0.472 e. The van der Waals surface area contributed by atoms with Gasteiger partial charge in [-0.3, -0.25) is 18.6 Å². The molecule has 10 nitrogen and oxygen atoms in total. The van der Waals surface area contributed by atoms with Crippen LogP contribution < -0.4 is 0 Å². The molecule has 0 aromatic heterocycles. The van der Waals surface area contributed by atoms with E-state index in [1.807, 2.05) is 0 Å². The lowest BCUT2D eigenvalue weighted by Gasteiger charge is -2.20. The molecule has 3 unspecified atom stereocenters. The maximum atomic E-state index is 12.3. The number of rotatable bonds is 37. The second-order valence-electron chi connectivity index (χ2n) is 13.2. The lowest BCUT2D eigenvalue weighted by atomic mass is 10.1. The summed E-state index contributed by atoms with van der Waals surface area (Å²) in [6.45, 7) is 1.98. The quantitative estimate of drug-likeness (QED) is 0.0241. The summed E-state index contributed by atoms with van der Waals surface area (Å²) >= 11 is 0. The molecule has 0 aromatic carbocycles. The molecule has 0 spiro atoms. The van der Waals surface area contributed by atoms with Gasteiger partial charge < -0.3 is 24.6 Å². The molecule has 3 atom stereocenters. The monoisotopic (exact) mass is 768 g/mol. The van der Waals surface area contributed by atoms with E-state index in [0.717, 1.165) is 96.3 Å². The molecule has 0 amide bonds. The van der Waals surface area contributed by atoms with E-state index in [9.17, 15) is 29.3 Å².